The quantitative estimate of drug-likeness (QED) is 0.899. The summed E-state index contributed by atoms with van der Waals surface area (Å²) < 4.78 is 39.5. The third-order valence-electron chi connectivity index (χ3n) is 4.28. The van der Waals surface area contributed by atoms with Gasteiger partial charge in [-0.15, -0.1) is 0 Å². The van der Waals surface area contributed by atoms with Crippen molar-refractivity contribution < 1.29 is 17.9 Å². The van der Waals surface area contributed by atoms with Gasteiger partial charge in [0.25, 0.3) is 0 Å². The van der Waals surface area contributed by atoms with E-state index in [9.17, 15) is 8.42 Å². The van der Waals surface area contributed by atoms with E-state index in [1.165, 1.54) is 0 Å². The molecule has 1 fully saturated rings. The number of hydrogen-bond donors (Lipinski definition) is 1. The highest BCUT2D eigenvalue weighted by atomic mass is 32.2. The van der Waals surface area contributed by atoms with Gasteiger partial charge in [0.1, 0.15) is 4.90 Å². The van der Waals surface area contributed by atoms with Crippen LogP contribution in [0.4, 0.5) is 0 Å². The first-order valence-electron chi connectivity index (χ1n) is 8.17. The minimum atomic E-state index is -3.71. The van der Waals surface area contributed by atoms with Gasteiger partial charge >= 0.3 is 0 Å². The second-order valence-electron chi connectivity index (χ2n) is 6.79. The summed E-state index contributed by atoms with van der Waals surface area (Å²) in [6.45, 7) is 4.33. The van der Waals surface area contributed by atoms with E-state index in [0.717, 1.165) is 23.9 Å². The fourth-order valence-corrected chi connectivity index (χ4v) is 4.42. The van der Waals surface area contributed by atoms with Crippen LogP contribution in [0.15, 0.2) is 23.2 Å². The largest absolute Gasteiger partial charge is 0.454 e. The second-order valence-corrected chi connectivity index (χ2v) is 8.49. The lowest BCUT2D eigenvalue weighted by Crippen LogP contribution is -2.28. The molecule has 7 heteroatoms. The van der Waals surface area contributed by atoms with E-state index < -0.39 is 10.0 Å². The Labute approximate surface area is 141 Å². The van der Waals surface area contributed by atoms with Crippen molar-refractivity contribution in [2.45, 2.75) is 37.5 Å². The Morgan fingerprint density at radius 3 is 2.79 bits per heavy atom. The third-order valence-corrected chi connectivity index (χ3v) is 5.77. The van der Waals surface area contributed by atoms with Crippen LogP contribution in [0.2, 0.25) is 0 Å². The Bertz CT molecular complexity index is 904. The summed E-state index contributed by atoms with van der Waals surface area (Å²) in [7, 11) is -3.71. The minimum Gasteiger partial charge on any atom is -0.454 e. The fourth-order valence-electron chi connectivity index (χ4n) is 2.85. The Morgan fingerprint density at radius 2 is 2.08 bits per heavy atom. The van der Waals surface area contributed by atoms with Crippen molar-refractivity contribution in [3.63, 3.8) is 0 Å². The number of fused-ring (bicyclic) bond motifs is 2. The van der Waals surface area contributed by atoms with Gasteiger partial charge < -0.3 is 9.47 Å². The van der Waals surface area contributed by atoms with Crippen molar-refractivity contribution in [3.8, 4) is 11.5 Å². The van der Waals surface area contributed by atoms with Crippen LogP contribution in [0.3, 0.4) is 0 Å². The number of ether oxygens (including phenoxy) is 2. The number of hydrogen-bond acceptors (Lipinski definition) is 5. The molecule has 2 heterocycles. The van der Waals surface area contributed by atoms with Gasteiger partial charge in [0.15, 0.2) is 11.5 Å². The first-order valence-corrected chi connectivity index (χ1v) is 9.66. The zero-order valence-corrected chi connectivity index (χ0v) is 14.5. The minimum absolute atomic E-state index is 0.0290. The Balaban J connectivity index is 1.92. The van der Waals surface area contributed by atoms with Crippen LogP contribution >= 0.6 is 0 Å². The zero-order valence-electron chi connectivity index (χ0n) is 13.7. The molecule has 0 radical (unpaired) electrons. The van der Waals surface area contributed by atoms with Crippen LogP contribution in [0.1, 0.15) is 38.3 Å². The van der Waals surface area contributed by atoms with E-state index in [1.807, 2.05) is 19.9 Å². The van der Waals surface area contributed by atoms with Gasteiger partial charge in [-0.2, -0.15) is 0 Å². The lowest BCUT2D eigenvalue weighted by atomic mass is 10.1. The third kappa shape index (κ3) is 2.71. The highest BCUT2D eigenvalue weighted by Gasteiger charge is 2.31. The number of aromatic nitrogens is 1. The molecule has 1 saturated carbocycles. The van der Waals surface area contributed by atoms with E-state index in [-0.39, 0.29) is 17.6 Å². The summed E-state index contributed by atoms with van der Waals surface area (Å²) in [6.07, 6.45) is 3.94. The lowest BCUT2D eigenvalue weighted by Gasteiger charge is -2.14. The number of nitrogens with zero attached hydrogens (tertiary/aromatic N) is 1. The van der Waals surface area contributed by atoms with Gasteiger partial charge in [-0.1, -0.05) is 13.8 Å². The van der Waals surface area contributed by atoms with Crippen LogP contribution < -0.4 is 14.2 Å². The smallest absolute Gasteiger partial charge is 0.245 e. The molecule has 6 nitrogen and oxygen atoms in total. The Kier molecular flexibility index (Phi) is 3.65. The molecule has 1 aromatic heterocycles. The summed E-state index contributed by atoms with van der Waals surface area (Å²) >= 11 is 0. The average Bonchev–Trinajstić information content (AvgIpc) is 3.29. The number of benzene rings is 1. The van der Waals surface area contributed by atoms with Crippen LogP contribution in [0.5, 0.6) is 11.5 Å². The first-order chi connectivity index (χ1) is 11.5. The average molecular weight is 348 g/mol. The molecular formula is C17H20N2O4S. The molecule has 2 aliphatic rings. The van der Waals surface area contributed by atoms with Gasteiger partial charge in [0.05, 0.1) is 0 Å². The fraction of sp³-hybridized carbons (Fsp3) is 0.471. The van der Waals surface area contributed by atoms with Crippen molar-refractivity contribution >= 4 is 20.8 Å². The van der Waals surface area contributed by atoms with E-state index in [0.29, 0.717) is 29.3 Å². The summed E-state index contributed by atoms with van der Waals surface area (Å²) in [5, 5.41) is 1.39. The SMILES string of the molecule is CC(C)CNS(=O)(=O)c1c2c(cc3cnc(C4CC4)cc13)OCO2. The number of pyridine rings is 1. The highest BCUT2D eigenvalue weighted by Crippen LogP contribution is 2.45. The molecule has 0 spiro atoms. The zero-order chi connectivity index (χ0) is 16.9. The Hall–Kier alpha value is -1.86. The van der Waals surface area contributed by atoms with Crippen molar-refractivity contribution in [2.24, 2.45) is 5.92 Å². The van der Waals surface area contributed by atoms with E-state index in [2.05, 4.69) is 9.71 Å². The molecule has 2 aromatic rings. The molecule has 0 bridgehead atoms. The number of nitrogens with one attached hydrogen (secondary N) is 1. The summed E-state index contributed by atoms with van der Waals surface area (Å²) in [4.78, 5) is 4.64. The maximum Gasteiger partial charge on any atom is 0.245 e. The number of sulfonamides is 1. The van der Waals surface area contributed by atoms with Crippen LogP contribution in [0, 0.1) is 5.92 Å². The second kappa shape index (κ2) is 5.60. The molecular weight excluding hydrogens is 328 g/mol. The van der Waals surface area contributed by atoms with Crippen LogP contribution in [-0.4, -0.2) is 26.7 Å². The standard InChI is InChI=1S/C17H20N2O4S/c1-10(2)7-19-24(20,21)17-13-6-14(11-3-4-11)18-8-12(13)5-15-16(17)23-9-22-15/h5-6,8,10-11,19H,3-4,7,9H2,1-2H3. The normalized spacial score (nSPS) is 17.0. The van der Waals surface area contributed by atoms with Gasteiger partial charge in [-0.3, -0.25) is 4.98 Å². The molecule has 1 N–H and O–H groups in total. The maximum atomic E-state index is 12.9. The predicted octanol–water partition coefficient (Wildman–Crippen LogP) is 2.78. The van der Waals surface area contributed by atoms with Gasteiger partial charge in [0.2, 0.25) is 16.8 Å². The van der Waals surface area contributed by atoms with Gasteiger partial charge in [-0.05, 0) is 30.9 Å². The van der Waals surface area contributed by atoms with Crippen molar-refractivity contribution in [2.75, 3.05) is 13.3 Å². The molecule has 1 aliphatic carbocycles. The van der Waals surface area contributed by atoms with Gasteiger partial charge in [0, 0.05) is 35.1 Å². The monoisotopic (exact) mass is 348 g/mol. The van der Waals surface area contributed by atoms with Crippen molar-refractivity contribution in [1.29, 1.82) is 0 Å². The molecule has 0 unspecified atom stereocenters. The van der Waals surface area contributed by atoms with Gasteiger partial charge in [-0.25, -0.2) is 13.1 Å². The maximum absolute atomic E-state index is 12.9. The van der Waals surface area contributed by atoms with Crippen molar-refractivity contribution in [3.05, 3.63) is 24.0 Å². The first kappa shape index (κ1) is 15.7. The highest BCUT2D eigenvalue weighted by molar-refractivity contribution is 7.89. The van der Waals surface area contributed by atoms with Crippen molar-refractivity contribution in [1.82, 2.24) is 9.71 Å². The molecule has 4 rings (SSSR count). The molecule has 1 aromatic carbocycles. The predicted molar refractivity (Wildman–Crippen MR) is 89.9 cm³/mol. The lowest BCUT2D eigenvalue weighted by molar-refractivity contribution is 0.172. The van der Waals surface area contributed by atoms with E-state index in [1.54, 1.807) is 12.3 Å². The molecule has 0 saturated heterocycles. The molecule has 0 atom stereocenters. The molecule has 128 valence electrons. The van der Waals surface area contributed by atoms with E-state index in [4.69, 9.17) is 9.47 Å². The molecule has 0 amide bonds. The van der Waals surface area contributed by atoms with Crippen LogP contribution in [-0.2, 0) is 10.0 Å². The van der Waals surface area contributed by atoms with Crippen LogP contribution in [0.25, 0.3) is 10.8 Å². The summed E-state index contributed by atoms with van der Waals surface area (Å²) in [5.41, 5.74) is 0.946. The topological polar surface area (TPSA) is 77.5 Å². The Morgan fingerprint density at radius 1 is 1.29 bits per heavy atom. The van der Waals surface area contributed by atoms with E-state index >= 15 is 0 Å². The summed E-state index contributed by atoms with van der Waals surface area (Å²) in [5.74, 6) is 1.41. The molecule has 1 aliphatic heterocycles. The number of rotatable bonds is 5. The summed E-state index contributed by atoms with van der Waals surface area (Å²) in [6, 6.07) is 3.68. The molecule has 24 heavy (non-hydrogen) atoms.